The fourth-order valence-electron chi connectivity index (χ4n) is 2.82. The Morgan fingerprint density at radius 1 is 0.783 bits per heavy atom. The molecule has 1 N–H and O–H groups in total. The van der Waals surface area contributed by atoms with E-state index in [2.05, 4.69) is 36.4 Å². The predicted octanol–water partition coefficient (Wildman–Crippen LogP) is 4.78. The van der Waals surface area contributed by atoms with E-state index in [9.17, 15) is 5.11 Å². The first-order chi connectivity index (χ1) is 11.3. The quantitative estimate of drug-likeness (QED) is 0.735. The topological polar surface area (TPSA) is 29.5 Å². The van der Waals surface area contributed by atoms with Crippen molar-refractivity contribution in [3.05, 3.63) is 95.6 Å². The second-order valence-corrected chi connectivity index (χ2v) is 5.61. The van der Waals surface area contributed by atoms with Crippen LogP contribution in [0.3, 0.4) is 0 Å². The molecule has 0 bridgehead atoms. The molecule has 0 aliphatic carbocycles. The van der Waals surface area contributed by atoms with Crippen LogP contribution in [0.25, 0.3) is 0 Å². The molecule has 3 aromatic carbocycles. The second kappa shape index (κ2) is 7.01. The maximum Gasteiger partial charge on any atom is 0.118 e. The summed E-state index contributed by atoms with van der Waals surface area (Å²) in [6.45, 7) is 0. The maximum absolute atomic E-state index is 9.47. The molecule has 0 aromatic heterocycles. The van der Waals surface area contributed by atoms with Gasteiger partial charge in [0.15, 0.2) is 0 Å². The molecule has 23 heavy (non-hydrogen) atoms. The molecule has 0 radical (unpaired) electrons. The van der Waals surface area contributed by atoms with Crippen LogP contribution in [0.1, 0.15) is 22.6 Å². The molecule has 0 aliphatic rings. The first-order valence-electron chi connectivity index (χ1n) is 7.73. The molecular weight excluding hydrogens is 284 g/mol. The average Bonchev–Trinajstić information content (AvgIpc) is 2.62. The highest BCUT2D eigenvalue weighted by Crippen LogP contribution is 2.30. The van der Waals surface area contributed by atoms with E-state index < -0.39 is 0 Å². The van der Waals surface area contributed by atoms with Crippen molar-refractivity contribution in [1.29, 1.82) is 0 Å². The zero-order chi connectivity index (χ0) is 16.1. The van der Waals surface area contributed by atoms with E-state index in [1.165, 1.54) is 16.7 Å². The Hall–Kier alpha value is -2.74. The minimum Gasteiger partial charge on any atom is -0.508 e. The zero-order valence-corrected chi connectivity index (χ0v) is 13.1. The Balaban J connectivity index is 1.94. The van der Waals surface area contributed by atoms with Crippen molar-refractivity contribution in [1.82, 2.24) is 0 Å². The number of hydrogen-bond acceptors (Lipinski definition) is 2. The van der Waals surface area contributed by atoms with Gasteiger partial charge in [0.2, 0.25) is 0 Å². The van der Waals surface area contributed by atoms with Crippen molar-refractivity contribution in [3.8, 4) is 11.5 Å². The number of benzene rings is 3. The number of aromatic hydroxyl groups is 1. The van der Waals surface area contributed by atoms with Gasteiger partial charge in [-0.1, -0.05) is 54.6 Å². The lowest BCUT2D eigenvalue weighted by atomic mass is 9.86. The van der Waals surface area contributed by atoms with Gasteiger partial charge in [0.25, 0.3) is 0 Å². The van der Waals surface area contributed by atoms with Crippen molar-refractivity contribution < 1.29 is 9.84 Å². The van der Waals surface area contributed by atoms with Gasteiger partial charge in [-0.3, -0.25) is 0 Å². The van der Waals surface area contributed by atoms with Crippen molar-refractivity contribution in [3.63, 3.8) is 0 Å². The van der Waals surface area contributed by atoms with Crippen LogP contribution in [0.5, 0.6) is 11.5 Å². The zero-order valence-electron chi connectivity index (χ0n) is 13.1. The minimum absolute atomic E-state index is 0.270. The molecule has 0 aliphatic heterocycles. The smallest absolute Gasteiger partial charge is 0.118 e. The number of rotatable bonds is 5. The molecule has 0 saturated heterocycles. The molecule has 0 heterocycles. The third-order valence-corrected chi connectivity index (χ3v) is 4.10. The van der Waals surface area contributed by atoms with Gasteiger partial charge in [-0.15, -0.1) is 0 Å². The largest absolute Gasteiger partial charge is 0.508 e. The SMILES string of the molecule is COc1ccc(C(Cc2ccc(O)cc2)c2ccccc2)cc1. The molecule has 1 atom stereocenters. The van der Waals surface area contributed by atoms with Crippen LogP contribution in [-0.4, -0.2) is 12.2 Å². The first-order valence-corrected chi connectivity index (χ1v) is 7.73. The summed E-state index contributed by atoms with van der Waals surface area (Å²) < 4.78 is 5.26. The van der Waals surface area contributed by atoms with Crippen LogP contribution >= 0.6 is 0 Å². The van der Waals surface area contributed by atoms with Crippen LogP contribution in [0.15, 0.2) is 78.9 Å². The summed E-state index contributed by atoms with van der Waals surface area (Å²) in [6, 6.07) is 26.2. The summed E-state index contributed by atoms with van der Waals surface area (Å²) in [4.78, 5) is 0. The lowest BCUT2D eigenvalue weighted by molar-refractivity contribution is 0.414. The van der Waals surface area contributed by atoms with Gasteiger partial charge in [-0.25, -0.2) is 0 Å². The highest BCUT2D eigenvalue weighted by atomic mass is 16.5. The Morgan fingerprint density at radius 3 is 2.00 bits per heavy atom. The predicted molar refractivity (Wildman–Crippen MR) is 93.1 cm³/mol. The van der Waals surface area contributed by atoms with Gasteiger partial charge in [0.05, 0.1) is 7.11 Å². The third kappa shape index (κ3) is 3.72. The average molecular weight is 304 g/mol. The van der Waals surface area contributed by atoms with E-state index in [0.717, 1.165) is 12.2 Å². The lowest BCUT2D eigenvalue weighted by Gasteiger charge is -2.19. The van der Waals surface area contributed by atoms with Crippen LogP contribution in [0, 0.1) is 0 Å². The van der Waals surface area contributed by atoms with Crippen LogP contribution in [0.4, 0.5) is 0 Å². The van der Waals surface area contributed by atoms with E-state index in [1.807, 2.05) is 30.3 Å². The highest BCUT2D eigenvalue weighted by Gasteiger charge is 2.15. The Bertz CT molecular complexity index is 731. The van der Waals surface area contributed by atoms with Gasteiger partial charge in [0, 0.05) is 5.92 Å². The van der Waals surface area contributed by atoms with Crippen molar-refractivity contribution in [2.45, 2.75) is 12.3 Å². The minimum atomic E-state index is 0.270. The lowest BCUT2D eigenvalue weighted by Crippen LogP contribution is -2.05. The van der Waals surface area contributed by atoms with Crippen LogP contribution < -0.4 is 4.74 Å². The van der Waals surface area contributed by atoms with Crippen molar-refractivity contribution in [2.24, 2.45) is 0 Å². The van der Waals surface area contributed by atoms with E-state index in [-0.39, 0.29) is 5.92 Å². The molecule has 0 saturated carbocycles. The Morgan fingerprint density at radius 2 is 1.39 bits per heavy atom. The Labute approximate surface area is 137 Å². The third-order valence-electron chi connectivity index (χ3n) is 4.10. The number of phenolic OH excluding ortho intramolecular Hbond substituents is 1. The first kappa shape index (κ1) is 15.2. The highest BCUT2D eigenvalue weighted by molar-refractivity contribution is 5.38. The molecule has 0 fully saturated rings. The van der Waals surface area contributed by atoms with Gasteiger partial charge in [0.1, 0.15) is 11.5 Å². The summed E-state index contributed by atoms with van der Waals surface area (Å²) in [5.41, 5.74) is 3.74. The molecule has 1 unspecified atom stereocenters. The maximum atomic E-state index is 9.47. The summed E-state index contributed by atoms with van der Waals surface area (Å²) in [6.07, 6.45) is 0.886. The molecule has 0 spiro atoms. The molecule has 3 rings (SSSR count). The standard InChI is InChI=1S/C21H20O2/c1-23-20-13-9-18(10-14-20)21(17-5-3-2-4-6-17)15-16-7-11-19(22)12-8-16/h2-14,21-22H,15H2,1H3. The Kier molecular flexibility index (Phi) is 4.62. The monoisotopic (exact) mass is 304 g/mol. The molecule has 2 heteroatoms. The fourth-order valence-corrected chi connectivity index (χ4v) is 2.82. The van der Waals surface area contributed by atoms with Crippen LogP contribution in [-0.2, 0) is 6.42 Å². The number of methoxy groups -OCH3 is 1. The molecule has 2 nitrogen and oxygen atoms in total. The molecular formula is C21H20O2. The summed E-state index contributed by atoms with van der Waals surface area (Å²) in [5, 5.41) is 9.47. The van der Waals surface area contributed by atoms with Gasteiger partial charge in [-0.05, 0) is 47.4 Å². The van der Waals surface area contributed by atoms with E-state index in [0.29, 0.717) is 5.75 Å². The normalized spacial score (nSPS) is 11.9. The van der Waals surface area contributed by atoms with Crippen LogP contribution in [0.2, 0.25) is 0 Å². The van der Waals surface area contributed by atoms with E-state index in [4.69, 9.17) is 4.74 Å². The molecule has 3 aromatic rings. The van der Waals surface area contributed by atoms with Gasteiger partial charge in [-0.2, -0.15) is 0 Å². The number of phenols is 1. The molecule has 116 valence electrons. The second-order valence-electron chi connectivity index (χ2n) is 5.61. The number of ether oxygens (including phenoxy) is 1. The van der Waals surface area contributed by atoms with E-state index >= 15 is 0 Å². The summed E-state index contributed by atoms with van der Waals surface area (Å²) >= 11 is 0. The fraction of sp³-hybridized carbons (Fsp3) is 0.143. The van der Waals surface area contributed by atoms with Crippen molar-refractivity contribution in [2.75, 3.05) is 7.11 Å². The van der Waals surface area contributed by atoms with Gasteiger partial charge >= 0.3 is 0 Å². The summed E-state index contributed by atoms with van der Waals surface area (Å²) in [5.74, 6) is 1.44. The summed E-state index contributed by atoms with van der Waals surface area (Å²) in [7, 11) is 1.68. The van der Waals surface area contributed by atoms with E-state index in [1.54, 1.807) is 19.2 Å². The molecule has 0 amide bonds. The van der Waals surface area contributed by atoms with Crippen molar-refractivity contribution >= 4 is 0 Å². The van der Waals surface area contributed by atoms with Gasteiger partial charge < -0.3 is 9.84 Å². The number of hydrogen-bond donors (Lipinski definition) is 1.